The van der Waals surface area contributed by atoms with E-state index in [9.17, 15) is 14.7 Å². The van der Waals surface area contributed by atoms with Crippen LogP contribution in [0.5, 0.6) is 0 Å². The minimum atomic E-state index is -0.952. The molecule has 20 heavy (non-hydrogen) atoms. The van der Waals surface area contributed by atoms with Crippen molar-refractivity contribution in [1.82, 2.24) is 15.1 Å². The number of fused-ring (bicyclic) bond motifs is 1. The number of urea groups is 1. The molecule has 0 aromatic heterocycles. The standard InChI is InChI=1S/C14H25N3O3/c1-10(2)8-12(13(18)19)15-14(20)17-7-6-16-5-3-4-11(16)9-17/h10-12H,3-9H2,1-2H3,(H,15,20)(H,18,19). The molecule has 2 fully saturated rings. The van der Waals surface area contributed by atoms with Crippen molar-refractivity contribution in [3.63, 3.8) is 0 Å². The van der Waals surface area contributed by atoms with Gasteiger partial charge in [-0.2, -0.15) is 0 Å². The van der Waals surface area contributed by atoms with Crippen LogP contribution in [-0.2, 0) is 4.79 Å². The highest BCUT2D eigenvalue weighted by Gasteiger charge is 2.33. The average Bonchev–Trinajstić information content (AvgIpc) is 2.84. The van der Waals surface area contributed by atoms with Gasteiger partial charge in [0.1, 0.15) is 6.04 Å². The Balaban J connectivity index is 1.88. The Labute approximate surface area is 120 Å². The molecule has 2 saturated heterocycles. The zero-order valence-electron chi connectivity index (χ0n) is 12.3. The van der Waals surface area contributed by atoms with E-state index in [4.69, 9.17) is 0 Å². The lowest BCUT2D eigenvalue weighted by Crippen LogP contribution is -2.56. The maximum Gasteiger partial charge on any atom is 0.326 e. The maximum atomic E-state index is 12.2. The van der Waals surface area contributed by atoms with Crippen LogP contribution in [0.3, 0.4) is 0 Å². The molecule has 2 unspecified atom stereocenters. The number of piperazine rings is 1. The fourth-order valence-corrected chi connectivity index (χ4v) is 3.11. The minimum absolute atomic E-state index is 0.232. The second-order valence-corrected chi connectivity index (χ2v) is 6.25. The number of hydrogen-bond acceptors (Lipinski definition) is 3. The number of amides is 2. The van der Waals surface area contributed by atoms with Gasteiger partial charge in [0.15, 0.2) is 0 Å². The predicted octanol–water partition coefficient (Wildman–Crippen LogP) is 0.975. The zero-order chi connectivity index (χ0) is 14.7. The summed E-state index contributed by atoms with van der Waals surface area (Å²) in [6.45, 7) is 7.36. The normalized spacial score (nSPS) is 24.6. The van der Waals surface area contributed by atoms with E-state index in [-0.39, 0.29) is 11.9 Å². The zero-order valence-corrected chi connectivity index (χ0v) is 12.3. The predicted molar refractivity (Wildman–Crippen MR) is 75.6 cm³/mol. The first-order valence-electron chi connectivity index (χ1n) is 7.49. The van der Waals surface area contributed by atoms with Crippen molar-refractivity contribution in [1.29, 1.82) is 0 Å². The molecule has 0 saturated carbocycles. The first-order chi connectivity index (χ1) is 9.47. The summed E-state index contributed by atoms with van der Waals surface area (Å²) < 4.78 is 0. The van der Waals surface area contributed by atoms with Crippen molar-refractivity contribution in [3.8, 4) is 0 Å². The van der Waals surface area contributed by atoms with Crippen molar-refractivity contribution in [2.45, 2.75) is 45.2 Å². The van der Waals surface area contributed by atoms with E-state index in [2.05, 4.69) is 10.2 Å². The lowest BCUT2D eigenvalue weighted by molar-refractivity contribution is -0.139. The van der Waals surface area contributed by atoms with Crippen LogP contribution >= 0.6 is 0 Å². The number of rotatable bonds is 4. The SMILES string of the molecule is CC(C)CC(NC(=O)N1CCN2CCCC2C1)C(=O)O. The molecule has 114 valence electrons. The van der Waals surface area contributed by atoms with Gasteiger partial charge in [0.05, 0.1) is 0 Å². The summed E-state index contributed by atoms with van der Waals surface area (Å²) >= 11 is 0. The highest BCUT2D eigenvalue weighted by atomic mass is 16.4. The van der Waals surface area contributed by atoms with Crippen molar-refractivity contribution in [2.75, 3.05) is 26.2 Å². The highest BCUT2D eigenvalue weighted by Crippen LogP contribution is 2.21. The summed E-state index contributed by atoms with van der Waals surface area (Å²) in [4.78, 5) is 27.6. The number of hydrogen-bond donors (Lipinski definition) is 2. The fraction of sp³-hybridized carbons (Fsp3) is 0.857. The fourth-order valence-electron chi connectivity index (χ4n) is 3.11. The molecule has 2 rings (SSSR count). The Morgan fingerprint density at radius 1 is 1.30 bits per heavy atom. The monoisotopic (exact) mass is 283 g/mol. The largest absolute Gasteiger partial charge is 0.480 e. The Morgan fingerprint density at radius 2 is 2.05 bits per heavy atom. The smallest absolute Gasteiger partial charge is 0.326 e. The molecule has 2 heterocycles. The number of carbonyl (C=O) groups is 2. The number of nitrogens with one attached hydrogen (secondary N) is 1. The number of carbonyl (C=O) groups excluding carboxylic acids is 1. The number of aliphatic carboxylic acids is 1. The van der Waals surface area contributed by atoms with Crippen molar-refractivity contribution in [3.05, 3.63) is 0 Å². The number of carboxylic acid groups (broad SMARTS) is 1. The van der Waals surface area contributed by atoms with Crippen molar-refractivity contribution in [2.24, 2.45) is 5.92 Å². The molecule has 0 aromatic rings. The Hall–Kier alpha value is -1.30. The lowest BCUT2D eigenvalue weighted by atomic mass is 10.0. The van der Waals surface area contributed by atoms with E-state index in [1.807, 2.05) is 13.8 Å². The van der Waals surface area contributed by atoms with Crippen molar-refractivity contribution >= 4 is 12.0 Å². The van der Waals surface area contributed by atoms with Gasteiger partial charge in [0, 0.05) is 25.7 Å². The van der Waals surface area contributed by atoms with Crippen LogP contribution in [0.1, 0.15) is 33.1 Å². The first-order valence-corrected chi connectivity index (χ1v) is 7.49. The Morgan fingerprint density at radius 3 is 2.70 bits per heavy atom. The van der Waals surface area contributed by atoms with E-state index in [1.54, 1.807) is 4.90 Å². The van der Waals surface area contributed by atoms with Gasteiger partial charge in [-0.3, -0.25) is 4.90 Å². The molecule has 2 atom stereocenters. The van der Waals surface area contributed by atoms with E-state index in [0.29, 0.717) is 19.0 Å². The third kappa shape index (κ3) is 3.62. The van der Waals surface area contributed by atoms with Crippen LogP contribution in [0.25, 0.3) is 0 Å². The van der Waals surface area contributed by atoms with Gasteiger partial charge in [-0.25, -0.2) is 9.59 Å². The summed E-state index contributed by atoms with van der Waals surface area (Å²) in [5, 5.41) is 11.8. The van der Waals surface area contributed by atoms with Crippen LogP contribution in [-0.4, -0.2) is 65.2 Å². The van der Waals surface area contributed by atoms with Gasteiger partial charge in [0.2, 0.25) is 0 Å². The maximum absolute atomic E-state index is 12.2. The second-order valence-electron chi connectivity index (χ2n) is 6.25. The van der Waals surface area contributed by atoms with Gasteiger partial charge in [-0.05, 0) is 31.7 Å². The van der Waals surface area contributed by atoms with E-state index >= 15 is 0 Å². The van der Waals surface area contributed by atoms with E-state index < -0.39 is 12.0 Å². The minimum Gasteiger partial charge on any atom is -0.480 e. The summed E-state index contributed by atoms with van der Waals surface area (Å²) in [7, 11) is 0. The molecule has 2 amide bonds. The van der Waals surface area contributed by atoms with Crippen LogP contribution < -0.4 is 5.32 Å². The van der Waals surface area contributed by atoms with E-state index in [0.717, 1.165) is 26.1 Å². The Bertz CT molecular complexity index is 373. The van der Waals surface area contributed by atoms with Gasteiger partial charge >= 0.3 is 12.0 Å². The lowest BCUT2D eigenvalue weighted by Gasteiger charge is -2.37. The number of carboxylic acids is 1. The van der Waals surface area contributed by atoms with Gasteiger partial charge < -0.3 is 15.3 Å². The molecule has 2 N–H and O–H groups in total. The first kappa shape index (κ1) is 15.1. The van der Waals surface area contributed by atoms with Crippen LogP contribution in [0.4, 0.5) is 4.79 Å². The van der Waals surface area contributed by atoms with Crippen LogP contribution in [0.15, 0.2) is 0 Å². The summed E-state index contributed by atoms with van der Waals surface area (Å²) in [6, 6.07) is -0.559. The molecule has 0 aliphatic carbocycles. The van der Waals surface area contributed by atoms with Gasteiger partial charge in [0.25, 0.3) is 0 Å². The summed E-state index contributed by atoms with van der Waals surface area (Å²) in [5.74, 6) is -0.713. The van der Waals surface area contributed by atoms with E-state index in [1.165, 1.54) is 6.42 Å². The molecule has 0 bridgehead atoms. The molecule has 6 heteroatoms. The molecule has 6 nitrogen and oxygen atoms in total. The molecule has 2 aliphatic rings. The molecular weight excluding hydrogens is 258 g/mol. The summed E-state index contributed by atoms with van der Waals surface area (Å²) in [5.41, 5.74) is 0. The summed E-state index contributed by atoms with van der Waals surface area (Å²) in [6.07, 6.45) is 2.80. The Kier molecular flexibility index (Phi) is 4.86. The molecule has 0 spiro atoms. The third-order valence-electron chi connectivity index (χ3n) is 4.18. The van der Waals surface area contributed by atoms with Crippen molar-refractivity contribution < 1.29 is 14.7 Å². The quantitative estimate of drug-likeness (QED) is 0.806. The number of nitrogens with zero attached hydrogens (tertiary/aromatic N) is 2. The van der Waals surface area contributed by atoms with Gasteiger partial charge in [-0.15, -0.1) is 0 Å². The second kappa shape index (κ2) is 6.43. The van der Waals surface area contributed by atoms with Crippen LogP contribution in [0.2, 0.25) is 0 Å². The van der Waals surface area contributed by atoms with Gasteiger partial charge in [-0.1, -0.05) is 13.8 Å². The topological polar surface area (TPSA) is 72.9 Å². The average molecular weight is 283 g/mol. The molecule has 0 aromatic carbocycles. The molecular formula is C14H25N3O3. The molecule has 0 radical (unpaired) electrons. The highest BCUT2D eigenvalue weighted by molar-refractivity contribution is 5.82. The third-order valence-corrected chi connectivity index (χ3v) is 4.18. The van der Waals surface area contributed by atoms with Crippen LogP contribution in [0, 0.1) is 5.92 Å². The molecule has 2 aliphatic heterocycles.